The molecular formula is C10H20N2O4. The van der Waals surface area contributed by atoms with E-state index in [4.69, 9.17) is 9.84 Å². The highest BCUT2D eigenvalue weighted by Gasteiger charge is 2.21. The number of hydrogen-bond donors (Lipinski definition) is 2. The van der Waals surface area contributed by atoms with E-state index in [0.29, 0.717) is 13.2 Å². The number of methoxy groups -OCH3 is 1. The minimum absolute atomic E-state index is 0.294. The van der Waals surface area contributed by atoms with E-state index in [1.807, 2.05) is 0 Å². The van der Waals surface area contributed by atoms with Crippen molar-refractivity contribution in [3.05, 3.63) is 0 Å². The van der Waals surface area contributed by atoms with Gasteiger partial charge in [0.05, 0.1) is 12.5 Å². The van der Waals surface area contributed by atoms with Gasteiger partial charge in [0, 0.05) is 26.7 Å². The van der Waals surface area contributed by atoms with Crippen molar-refractivity contribution in [1.82, 2.24) is 10.2 Å². The Bertz CT molecular complexity index is 245. The van der Waals surface area contributed by atoms with Crippen molar-refractivity contribution in [2.45, 2.75) is 19.9 Å². The second-order valence-corrected chi connectivity index (χ2v) is 3.78. The van der Waals surface area contributed by atoms with Gasteiger partial charge in [-0.25, -0.2) is 4.79 Å². The Labute approximate surface area is 95.6 Å². The van der Waals surface area contributed by atoms with Crippen molar-refractivity contribution >= 4 is 12.0 Å². The molecule has 6 heteroatoms. The molecule has 2 N–H and O–H groups in total. The van der Waals surface area contributed by atoms with E-state index in [1.54, 1.807) is 28.0 Å². The summed E-state index contributed by atoms with van der Waals surface area (Å²) in [6, 6.07) is -0.701. The van der Waals surface area contributed by atoms with Crippen LogP contribution in [0.3, 0.4) is 0 Å². The van der Waals surface area contributed by atoms with Crippen LogP contribution in [0.2, 0.25) is 0 Å². The van der Waals surface area contributed by atoms with Gasteiger partial charge in [-0.2, -0.15) is 0 Å². The molecule has 0 aliphatic rings. The zero-order valence-electron chi connectivity index (χ0n) is 10.2. The predicted octanol–water partition coefficient (Wildman–Crippen LogP) is 0.383. The third kappa shape index (κ3) is 4.97. The first kappa shape index (κ1) is 14.7. The molecule has 0 heterocycles. The molecule has 0 radical (unpaired) electrons. The maximum Gasteiger partial charge on any atom is 0.317 e. The van der Waals surface area contributed by atoms with Crippen LogP contribution in [-0.2, 0) is 9.53 Å². The standard InChI is InChI=1S/C10H20N2O4/c1-7(9(13)14)8(2)11-10(15)12(3)5-6-16-4/h7-8H,5-6H2,1-4H3,(H,11,15)(H,13,14). The van der Waals surface area contributed by atoms with Gasteiger partial charge in [0.15, 0.2) is 0 Å². The third-order valence-corrected chi connectivity index (χ3v) is 2.47. The average Bonchev–Trinajstić information content (AvgIpc) is 2.24. The first-order chi connectivity index (χ1) is 7.40. The van der Waals surface area contributed by atoms with Crippen molar-refractivity contribution in [2.75, 3.05) is 27.3 Å². The summed E-state index contributed by atoms with van der Waals surface area (Å²) in [5, 5.41) is 11.4. The fourth-order valence-corrected chi connectivity index (χ4v) is 0.974. The average molecular weight is 232 g/mol. The number of rotatable bonds is 6. The predicted molar refractivity (Wildman–Crippen MR) is 59.3 cm³/mol. The van der Waals surface area contributed by atoms with E-state index >= 15 is 0 Å². The Balaban J connectivity index is 4.07. The number of urea groups is 1. The highest BCUT2D eigenvalue weighted by molar-refractivity contribution is 5.76. The maximum absolute atomic E-state index is 11.6. The molecule has 0 spiro atoms. The van der Waals surface area contributed by atoms with Gasteiger partial charge in [-0.1, -0.05) is 0 Å². The number of carboxylic acid groups (broad SMARTS) is 1. The number of likely N-dealkylation sites (N-methyl/N-ethyl adjacent to an activating group) is 1. The van der Waals surface area contributed by atoms with Gasteiger partial charge in [-0.15, -0.1) is 0 Å². The van der Waals surface area contributed by atoms with Crippen molar-refractivity contribution in [3.63, 3.8) is 0 Å². The molecule has 0 aromatic carbocycles. The monoisotopic (exact) mass is 232 g/mol. The van der Waals surface area contributed by atoms with Crippen LogP contribution in [0.5, 0.6) is 0 Å². The second-order valence-electron chi connectivity index (χ2n) is 3.78. The van der Waals surface area contributed by atoms with Crippen LogP contribution >= 0.6 is 0 Å². The van der Waals surface area contributed by atoms with Gasteiger partial charge in [0.25, 0.3) is 0 Å². The zero-order valence-corrected chi connectivity index (χ0v) is 10.2. The van der Waals surface area contributed by atoms with Gasteiger partial charge in [0.1, 0.15) is 0 Å². The molecule has 0 aromatic heterocycles. The van der Waals surface area contributed by atoms with Gasteiger partial charge in [-0.05, 0) is 13.8 Å². The lowest BCUT2D eigenvalue weighted by molar-refractivity contribution is -0.141. The summed E-state index contributed by atoms with van der Waals surface area (Å²) in [5.41, 5.74) is 0. The van der Waals surface area contributed by atoms with Gasteiger partial charge in [-0.3, -0.25) is 4.79 Å². The van der Waals surface area contributed by atoms with Crippen LogP contribution in [-0.4, -0.2) is 55.4 Å². The van der Waals surface area contributed by atoms with Crippen molar-refractivity contribution < 1.29 is 19.4 Å². The Kier molecular flexibility index (Phi) is 6.48. The number of amides is 2. The summed E-state index contributed by atoms with van der Waals surface area (Å²) >= 11 is 0. The number of ether oxygens (including phenoxy) is 1. The Hall–Kier alpha value is -1.30. The third-order valence-electron chi connectivity index (χ3n) is 2.47. The van der Waals surface area contributed by atoms with E-state index in [0.717, 1.165) is 0 Å². The molecule has 0 fully saturated rings. The highest BCUT2D eigenvalue weighted by atomic mass is 16.5. The van der Waals surface area contributed by atoms with E-state index in [9.17, 15) is 9.59 Å². The van der Waals surface area contributed by atoms with Crippen LogP contribution < -0.4 is 5.32 Å². The molecule has 16 heavy (non-hydrogen) atoms. The second kappa shape index (κ2) is 7.05. The van der Waals surface area contributed by atoms with Gasteiger partial charge >= 0.3 is 12.0 Å². The molecule has 94 valence electrons. The van der Waals surface area contributed by atoms with Crippen LogP contribution in [0.25, 0.3) is 0 Å². The van der Waals surface area contributed by atoms with E-state index in [2.05, 4.69) is 5.32 Å². The number of nitrogens with zero attached hydrogens (tertiary/aromatic N) is 1. The smallest absolute Gasteiger partial charge is 0.317 e. The van der Waals surface area contributed by atoms with Crippen LogP contribution in [0, 0.1) is 5.92 Å². The summed E-state index contributed by atoms with van der Waals surface area (Å²) in [6.07, 6.45) is 0. The van der Waals surface area contributed by atoms with E-state index in [-0.39, 0.29) is 6.03 Å². The molecule has 6 nitrogen and oxygen atoms in total. The normalized spacial score (nSPS) is 14.0. The van der Waals surface area contributed by atoms with Crippen LogP contribution in [0.4, 0.5) is 4.79 Å². The van der Waals surface area contributed by atoms with Crippen LogP contribution in [0.15, 0.2) is 0 Å². The topological polar surface area (TPSA) is 78.9 Å². The zero-order chi connectivity index (χ0) is 12.7. The molecule has 0 aliphatic heterocycles. The largest absolute Gasteiger partial charge is 0.481 e. The van der Waals surface area contributed by atoms with E-state index in [1.165, 1.54) is 4.90 Å². The molecule has 0 aromatic rings. The molecular weight excluding hydrogens is 212 g/mol. The fraction of sp³-hybridized carbons (Fsp3) is 0.800. The maximum atomic E-state index is 11.6. The quantitative estimate of drug-likeness (QED) is 0.694. The first-order valence-electron chi connectivity index (χ1n) is 5.13. The first-order valence-corrected chi connectivity index (χ1v) is 5.13. The SMILES string of the molecule is COCCN(C)C(=O)NC(C)C(C)C(=O)O. The van der Waals surface area contributed by atoms with E-state index < -0.39 is 17.9 Å². The lowest BCUT2D eigenvalue weighted by Gasteiger charge is -2.23. The summed E-state index contributed by atoms with van der Waals surface area (Å²) in [5.74, 6) is -1.54. The summed E-state index contributed by atoms with van der Waals surface area (Å²) in [4.78, 5) is 23.7. The Morgan fingerprint density at radius 2 is 2.00 bits per heavy atom. The number of nitrogens with one attached hydrogen (secondary N) is 1. The van der Waals surface area contributed by atoms with Crippen molar-refractivity contribution in [2.24, 2.45) is 5.92 Å². The lowest BCUT2D eigenvalue weighted by atomic mass is 10.0. The Morgan fingerprint density at radius 3 is 2.44 bits per heavy atom. The molecule has 2 atom stereocenters. The molecule has 0 rings (SSSR count). The summed E-state index contributed by atoms with van der Waals surface area (Å²) in [6.45, 7) is 4.15. The van der Waals surface area contributed by atoms with Crippen LogP contribution in [0.1, 0.15) is 13.8 Å². The Morgan fingerprint density at radius 1 is 1.44 bits per heavy atom. The van der Waals surface area contributed by atoms with Gasteiger partial charge < -0.3 is 20.1 Å². The number of hydrogen-bond acceptors (Lipinski definition) is 3. The highest BCUT2D eigenvalue weighted by Crippen LogP contribution is 2.02. The lowest BCUT2D eigenvalue weighted by Crippen LogP contribution is -2.46. The number of carbonyl (C=O) groups is 2. The fourth-order valence-electron chi connectivity index (χ4n) is 0.974. The molecule has 0 bridgehead atoms. The molecule has 2 unspecified atom stereocenters. The van der Waals surface area contributed by atoms with Crippen molar-refractivity contribution in [3.8, 4) is 0 Å². The van der Waals surface area contributed by atoms with Gasteiger partial charge in [0.2, 0.25) is 0 Å². The summed E-state index contributed by atoms with van der Waals surface area (Å²) < 4.78 is 4.84. The molecule has 0 aliphatic carbocycles. The molecule has 0 saturated carbocycles. The number of carbonyl (C=O) groups excluding carboxylic acids is 1. The summed E-state index contributed by atoms with van der Waals surface area (Å²) in [7, 11) is 3.19. The minimum Gasteiger partial charge on any atom is -0.481 e. The van der Waals surface area contributed by atoms with Crippen molar-refractivity contribution in [1.29, 1.82) is 0 Å². The number of aliphatic carboxylic acids is 1. The minimum atomic E-state index is -0.924. The number of carboxylic acids is 1. The molecule has 0 saturated heterocycles. The molecule has 2 amide bonds.